The van der Waals surface area contributed by atoms with Gasteiger partial charge in [0.05, 0.1) is 10.6 Å². The van der Waals surface area contributed by atoms with Crippen LogP contribution in [0.3, 0.4) is 0 Å². The Labute approximate surface area is 286 Å². The number of aryl methyl sites for hydroxylation is 1. The smallest absolute Gasteiger partial charge is 0.264 e. The molecule has 0 aromatic heterocycles. The highest BCUT2D eigenvalue weighted by molar-refractivity contribution is 7.92. The van der Waals surface area contributed by atoms with Gasteiger partial charge >= 0.3 is 0 Å². The van der Waals surface area contributed by atoms with Gasteiger partial charge in [-0.15, -0.1) is 0 Å². The zero-order valence-electron chi connectivity index (χ0n) is 27.3. The Kier molecular flexibility index (Phi) is 11.4. The first-order chi connectivity index (χ1) is 23.6. The maximum atomic E-state index is 14.5. The molecule has 5 rings (SSSR count). The van der Waals surface area contributed by atoms with Gasteiger partial charge in [0.25, 0.3) is 10.0 Å². The summed E-state index contributed by atoms with van der Waals surface area (Å²) < 4.78 is 49.4. The molecule has 0 radical (unpaired) electrons. The van der Waals surface area contributed by atoms with E-state index in [1.165, 1.54) is 29.2 Å². The Morgan fingerprint density at radius 1 is 0.755 bits per heavy atom. The van der Waals surface area contributed by atoms with Gasteiger partial charge in [0.2, 0.25) is 11.8 Å². The van der Waals surface area contributed by atoms with Gasteiger partial charge in [-0.25, -0.2) is 12.8 Å². The number of rotatable bonds is 14. The summed E-state index contributed by atoms with van der Waals surface area (Å²) >= 11 is 0. The first kappa shape index (κ1) is 34.8. The van der Waals surface area contributed by atoms with Crippen LogP contribution in [0.15, 0.2) is 138 Å². The van der Waals surface area contributed by atoms with Crippen molar-refractivity contribution < 1.29 is 27.1 Å². The fourth-order valence-corrected chi connectivity index (χ4v) is 6.72. The number of amides is 2. The van der Waals surface area contributed by atoms with E-state index in [1.54, 1.807) is 67.6 Å². The van der Waals surface area contributed by atoms with Gasteiger partial charge in [-0.05, 0) is 85.6 Å². The summed E-state index contributed by atoms with van der Waals surface area (Å²) in [5.74, 6) is -0.359. The number of hydrogen-bond donors (Lipinski definition) is 1. The maximum absolute atomic E-state index is 14.5. The van der Waals surface area contributed by atoms with Crippen molar-refractivity contribution in [1.29, 1.82) is 0 Å². The molecule has 2 amide bonds. The molecule has 0 unspecified atom stereocenters. The number of halogens is 1. The summed E-state index contributed by atoms with van der Waals surface area (Å²) in [6, 6.07) is 35.9. The molecule has 0 saturated carbocycles. The Morgan fingerprint density at radius 3 is 1.96 bits per heavy atom. The SMILES string of the molecule is CCNC(=O)[C@H](Cc1ccccc1)N(Cc1ccc(F)cc1)C(=O)CN(c1ccc(Oc2ccccc2)cc1)S(=O)(=O)c1ccc(C)cc1. The normalized spacial score (nSPS) is 11.7. The van der Waals surface area contributed by atoms with E-state index >= 15 is 0 Å². The van der Waals surface area contributed by atoms with Gasteiger partial charge in [0.1, 0.15) is 29.9 Å². The highest BCUT2D eigenvalue weighted by atomic mass is 32.2. The molecule has 8 nitrogen and oxygen atoms in total. The molecule has 1 atom stereocenters. The lowest BCUT2D eigenvalue weighted by Gasteiger charge is -2.34. The number of ether oxygens (including phenoxy) is 1. The number of carbonyl (C=O) groups excluding carboxylic acids is 2. The first-order valence-electron chi connectivity index (χ1n) is 15.9. The number of anilines is 1. The highest BCUT2D eigenvalue weighted by Crippen LogP contribution is 2.29. The quantitative estimate of drug-likeness (QED) is 0.138. The molecular formula is C39H38FN3O5S. The van der Waals surface area contributed by atoms with Gasteiger partial charge in [-0.3, -0.25) is 13.9 Å². The van der Waals surface area contributed by atoms with Crippen LogP contribution >= 0.6 is 0 Å². The van der Waals surface area contributed by atoms with Crippen molar-refractivity contribution in [1.82, 2.24) is 10.2 Å². The lowest BCUT2D eigenvalue weighted by molar-refractivity contribution is -0.140. The number of benzene rings is 5. The standard InChI is InChI=1S/C39H38FN3O5S/c1-3-41-39(45)37(26-30-10-6-4-7-11-30)42(27-31-16-18-32(40)19-17-31)38(44)28-43(49(46,47)36-24-14-29(2)15-25-36)33-20-22-35(23-21-33)48-34-12-8-5-9-13-34/h4-25,37H,3,26-28H2,1-2H3,(H,41,45)/t37-/m0/s1. The van der Waals surface area contributed by atoms with Gasteiger partial charge < -0.3 is 15.0 Å². The second-order valence-electron chi connectivity index (χ2n) is 11.5. The van der Waals surface area contributed by atoms with Crippen LogP contribution in [-0.2, 0) is 32.6 Å². The first-order valence-corrected chi connectivity index (χ1v) is 17.4. The minimum Gasteiger partial charge on any atom is -0.457 e. The highest BCUT2D eigenvalue weighted by Gasteiger charge is 2.34. The van der Waals surface area contributed by atoms with Crippen LogP contribution in [0.4, 0.5) is 10.1 Å². The van der Waals surface area contributed by atoms with Crippen molar-refractivity contribution in [3.05, 3.63) is 156 Å². The van der Waals surface area contributed by atoms with E-state index in [-0.39, 0.29) is 23.5 Å². The van der Waals surface area contributed by atoms with E-state index in [0.717, 1.165) is 15.4 Å². The topological polar surface area (TPSA) is 96.0 Å². The van der Waals surface area contributed by atoms with Crippen LogP contribution in [0.1, 0.15) is 23.6 Å². The average Bonchev–Trinajstić information content (AvgIpc) is 3.11. The summed E-state index contributed by atoms with van der Waals surface area (Å²) in [5, 5.41) is 2.83. The predicted octanol–water partition coefficient (Wildman–Crippen LogP) is 6.90. The van der Waals surface area contributed by atoms with Gasteiger partial charge in [-0.2, -0.15) is 0 Å². The van der Waals surface area contributed by atoms with E-state index in [2.05, 4.69) is 5.32 Å². The molecule has 0 aliphatic rings. The molecule has 1 N–H and O–H groups in total. The monoisotopic (exact) mass is 679 g/mol. The average molecular weight is 680 g/mol. The van der Waals surface area contributed by atoms with Crippen molar-refractivity contribution >= 4 is 27.5 Å². The zero-order valence-corrected chi connectivity index (χ0v) is 28.1. The Bertz CT molecular complexity index is 1940. The molecule has 0 heterocycles. The van der Waals surface area contributed by atoms with Crippen molar-refractivity contribution in [2.75, 3.05) is 17.4 Å². The fraction of sp³-hybridized carbons (Fsp3) is 0.179. The van der Waals surface area contributed by atoms with Crippen LogP contribution in [0.2, 0.25) is 0 Å². The number of para-hydroxylation sites is 1. The van der Waals surface area contributed by atoms with E-state index in [4.69, 9.17) is 4.74 Å². The van der Waals surface area contributed by atoms with E-state index in [9.17, 15) is 22.4 Å². The zero-order chi connectivity index (χ0) is 34.8. The Hall–Kier alpha value is -5.48. The molecule has 0 bridgehead atoms. The van der Waals surface area contributed by atoms with Crippen molar-refractivity contribution in [2.24, 2.45) is 0 Å². The molecule has 0 fully saturated rings. The summed E-state index contributed by atoms with van der Waals surface area (Å²) in [7, 11) is -4.27. The van der Waals surface area contributed by atoms with Crippen LogP contribution in [-0.4, -0.2) is 44.3 Å². The largest absolute Gasteiger partial charge is 0.457 e. The second-order valence-corrected chi connectivity index (χ2v) is 13.3. The lowest BCUT2D eigenvalue weighted by Crippen LogP contribution is -2.53. The number of carbonyl (C=O) groups is 2. The van der Waals surface area contributed by atoms with Crippen LogP contribution in [0.5, 0.6) is 11.5 Å². The fourth-order valence-electron chi connectivity index (χ4n) is 5.30. The molecule has 0 aliphatic heterocycles. The third-order valence-corrected chi connectivity index (χ3v) is 9.67. The summed E-state index contributed by atoms with van der Waals surface area (Å²) in [5.41, 5.74) is 2.50. The van der Waals surface area contributed by atoms with Crippen molar-refractivity contribution in [3.8, 4) is 11.5 Å². The lowest BCUT2D eigenvalue weighted by atomic mass is 10.0. The van der Waals surface area contributed by atoms with Gasteiger partial charge in [-0.1, -0.05) is 78.4 Å². The van der Waals surface area contributed by atoms with E-state index < -0.39 is 40.2 Å². The Balaban J connectivity index is 1.54. The van der Waals surface area contributed by atoms with E-state index in [1.807, 2.05) is 55.5 Å². The molecule has 0 saturated heterocycles. The number of sulfonamides is 1. The summed E-state index contributed by atoms with van der Waals surface area (Å²) in [6.07, 6.45) is 0.176. The van der Waals surface area contributed by atoms with Crippen LogP contribution in [0.25, 0.3) is 0 Å². The van der Waals surface area contributed by atoms with Crippen LogP contribution < -0.4 is 14.4 Å². The third-order valence-electron chi connectivity index (χ3n) is 7.88. The minimum absolute atomic E-state index is 0.00478. The second kappa shape index (κ2) is 16.1. The number of hydrogen-bond acceptors (Lipinski definition) is 5. The summed E-state index contributed by atoms with van der Waals surface area (Å²) in [6.45, 7) is 3.29. The van der Waals surface area contributed by atoms with Gasteiger partial charge in [0, 0.05) is 19.5 Å². The molecule has 252 valence electrons. The molecule has 5 aromatic carbocycles. The molecule has 49 heavy (non-hydrogen) atoms. The third kappa shape index (κ3) is 9.11. The van der Waals surface area contributed by atoms with Crippen molar-refractivity contribution in [2.45, 2.75) is 37.8 Å². The molecule has 0 spiro atoms. The Morgan fingerprint density at radius 2 is 1.35 bits per heavy atom. The minimum atomic E-state index is -4.27. The summed E-state index contributed by atoms with van der Waals surface area (Å²) in [4.78, 5) is 29.5. The number of nitrogens with zero attached hydrogens (tertiary/aromatic N) is 2. The molecular weight excluding hydrogens is 642 g/mol. The maximum Gasteiger partial charge on any atom is 0.264 e. The predicted molar refractivity (Wildman–Crippen MR) is 188 cm³/mol. The van der Waals surface area contributed by atoms with Gasteiger partial charge in [0.15, 0.2) is 0 Å². The number of likely N-dealkylation sites (N-methyl/N-ethyl adjacent to an activating group) is 1. The molecule has 0 aliphatic carbocycles. The molecule has 5 aromatic rings. The van der Waals surface area contributed by atoms with E-state index in [0.29, 0.717) is 23.6 Å². The van der Waals surface area contributed by atoms with Crippen molar-refractivity contribution in [3.63, 3.8) is 0 Å². The molecule has 10 heteroatoms. The van der Waals surface area contributed by atoms with Crippen LogP contribution in [0, 0.1) is 12.7 Å². The number of nitrogens with one attached hydrogen (secondary N) is 1.